The molecule has 1 aromatic carbocycles. The summed E-state index contributed by atoms with van der Waals surface area (Å²) in [5.74, 6) is -0.670. The number of hydrogen-bond donors (Lipinski definition) is 4. The Hall–Kier alpha value is -3.14. The number of carbonyl (C=O) groups excluding carboxylic acids is 1. The molecule has 10 heteroatoms. The van der Waals surface area contributed by atoms with E-state index in [4.69, 9.17) is 0 Å². The maximum Gasteiger partial charge on any atom is 0.268 e. The monoisotopic (exact) mass is 358 g/mol. The highest BCUT2D eigenvalue weighted by Crippen LogP contribution is 2.20. The second-order valence-electron chi connectivity index (χ2n) is 4.89. The fourth-order valence-electron chi connectivity index (χ4n) is 2.11. The molecular weight excluding hydrogens is 344 g/mol. The van der Waals surface area contributed by atoms with Gasteiger partial charge in [-0.05, 0) is 17.9 Å². The molecule has 0 bridgehead atoms. The first-order valence-corrected chi connectivity index (χ1v) is 8.31. The van der Waals surface area contributed by atoms with E-state index in [0.29, 0.717) is 17.1 Å². The van der Waals surface area contributed by atoms with E-state index in [1.807, 2.05) is 6.92 Å². The van der Waals surface area contributed by atoms with Crippen LogP contribution in [0.25, 0.3) is 11.3 Å². The maximum atomic E-state index is 12.3. The standard InChI is InChI=1S/C15H14N6O3S/c1-2-25-15-18-13(23)11(14(24)19-15)12(22)17-9-5-3-8(4-6-9)10-7-16-21-20-10/h3-7H,2H2,1H3,(H,17,22)(H,16,20,21)(H2,18,19,23,24). The van der Waals surface area contributed by atoms with E-state index >= 15 is 0 Å². The van der Waals surface area contributed by atoms with Crippen molar-refractivity contribution in [2.24, 2.45) is 0 Å². The van der Waals surface area contributed by atoms with Crippen molar-refractivity contribution in [2.45, 2.75) is 12.1 Å². The van der Waals surface area contributed by atoms with Gasteiger partial charge in [0.1, 0.15) is 5.69 Å². The molecule has 0 saturated heterocycles. The number of aromatic amines is 2. The van der Waals surface area contributed by atoms with Crippen LogP contribution in [0.2, 0.25) is 0 Å². The predicted octanol–water partition coefficient (Wildman–Crippen LogP) is 1.62. The number of hydrogen-bond acceptors (Lipinski definition) is 7. The van der Waals surface area contributed by atoms with Gasteiger partial charge in [0.25, 0.3) is 11.5 Å². The van der Waals surface area contributed by atoms with Crippen molar-refractivity contribution < 1.29 is 9.90 Å². The number of carbonyl (C=O) groups is 1. The quantitative estimate of drug-likeness (QED) is 0.402. The van der Waals surface area contributed by atoms with E-state index in [0.717, 1.165) is 5.56 Å². The van der Waals surface area contributed by atoms with Gasteiger partial charge in [0, 0.05) is 17.4 Å². The predicted molar refractivity (Wildman–Crippen MR) is 92.7 cm³/mol. The average molecular weight is 358 g/mol. The molecule has 0 spiro atoms. The zero-order chi connectivity index (χ0) is 17.8. The molecule has 2 heterocycles. The molecule has 0 aliphatic carbocycles. The van der Waals surface area contributed by atoms with Crippen LogP contribution in [0.5, 0.6) is 5.88 Å². The lowest BCUT2D eigenvalue weighted by Gasteiger charge is -2.07. The number of anilines is 1. The minimum absolute atomic E-state index is 0.263. The van der Waals surface area contributed by atoms with Crippen LogP contribution in [0.3, 0.4) is 0 Å². The Kier molecular flexibility index (Phi) is 4.80. The molecule has 0 unspecified atom stereocenters. The number of benzene rings is 1. The summed E-state index contributed by atoms with van der Waals surface area (Å²) in [4.78, 5) is 30.6. The Bertz CT molecular complexity index is 937. The van der Waals surface area contributed by atoms with Crippen molar-refractivity contribution in [1.82, 2.24) is 25.4 Å². The lowest BCUT2D eigenvalue weighted by molar-refractivity contribution is 0.102. The third-order valence-electron chi connectivity index (χ3n) is 3.24. The summed E-state index contributed by atoms with van der Waals surface area (Å²) < 4.78 is 0. The Morgan fingerprint density at radius 3 is 2.68 bits per heavy atom. The second kappa shape index (κ2) is 7.18. The molecular formula is C15H14N6O3S. The van der Waals surface area contributed by atoms with E-state index in [9.17, 15) is 14.7 Å². The first kappa shape index (κ1) is 16.7. The SMILES string of the molecule is CCSc1nc(O)c(C(=O)Nc2ccc(-c3c[nH]nn3)cc2)c(=O)[nH]1. The average Bonchev–Trinajstić information content (AvgIpc) is 3.09. The molecule has 0 aliphatic rings. The summed E-state index contributed by atoms with van der Waals surface area (Å²) in [5.41, 5.74) is 0.819. The Balaban J connectivity index is 1.79. The first-order valence-electron chi connectivity index (χ1n) is 7.32. The van der Waals surface area contributed by atoms with Crippen LogP contribution < -0.4 is 10.9 Å². The number of thioether (sulfide) groups is 1. The fourth-order valence-corrected chi connectivity index (χ4v) is 2.70. The van der Waals surface area contributed by atoms with Crippen molar-refractivity contribution in [3.8, 4) is 17.1 Å². The van der Waals surface area contributed by atoms with E-state index in [1.165, 1.54) is 11.8 Å². The van der Waals surface area contributed by atoms with Gasteiger partial charge in [-0.25, -0.2) is 0 Å². The normalized spacial score (nSPS) is 10.6. The van der Waals surface area contributed by atoms with Crippen LogP contribution in [0, 0.1) is 0 Å². The van der Waals surface area contributed by atoms with Gasteiger partial charge in [0.15, 0.2) is 10.7 Å². The summed E-state index contributed by atoms with van der Waals surface area (Å²) >= 11 is 1.26. The molecule has 2 aromatic heterocycles. The number of nitrogens with one attached hydrogen (secondary N) is 3. The smallest absolute Gasteiger partial charge is 0.268 e. The molecule has 9 nitrogen and oxygen atoms in total. The van der Waals surface area contributed by atoms with Crippen LogP contribution in [-0.2, 0) is 0 Å². The van der Waals surface area contributed by atoms with Crippen molar-refractivity contribution in [1.29, 1.82) is 0 Å². The molecule has 128 valence electrons. The largest absolute Gasteiger partial charge is 0.493 e. The van der Waals surface area contributed by atoms with Gasteiger partial charge in [-0.15, -0.1) is 5.10 Å². The Labute approximate surface area is 145 Å². The molecule has 0 atom stereocenters. The number of aromatic nitrogens is 5. The molecule has 0 saturated carbocycles. The highest BCUT2D eigenvalue weighted by molar-refractivity contribution is 7.99. The summed E-state index contributed by atoms with van der Waals surface area (Å²) in [5, 5.41) is 22.8. The summed E-state index contributed by atoms with van der Waals surface area (Å²) in [6.07, 6.45) is 1.65. The zero-order valence-electron chi connectivity index (χ0n) is 13.1. The highest BCUT2D eigenvalue weighted by Gasteiger charge is 2.19. The molecule has 3 rings (SSSR count). The van der Waals surface area contributed by atoms with E-state index in [-0.39, 0.29) is 5.16 Å². The number of rotatable bonds is 5. The second-order valence-corrected chi connectivity index (χ2v) is 6.15. The molecule has 0 radical (unpaired) electrons. The fraction of sp³-hybridized carbons (Fsp3) is 0.133. The highest BCUT2D eigenvalue weighted by atomic mass is 32.2. The van der Waals surface area contributed by atoms with Crippen LogP contribution in [-0.4, -0.2) is 42.1 Å². The van der Waals surface area contributed by atoms with Gasteiger partial charge in [-0.2, -0.15) is 4.98 Å². The first-order chi connectivity index (χ1) is 12.1. The Morgan fingerprint density at radius 1 is 1.32 bits per heavy atom. The van der Waals surface area contributed by atoms with Gasteiger partial charge in [0.2, 0.25) is 5.88 Å². The minimum Gasteiger partial charge on any atom is -0.493 e. The van der Waals surface area contributed by atoms with Crippen LogP contribution in [0.15, 0.2) is 40.4 Å². The van der Waals surface area contributed by atoms with Crippen LogP contribution >= 0.6 is 11.8 Å². The van der Waals surface area contributed by atoms with Crippen molar-refractivity contribution in [3.05, 3.63) is 46.4 Å². The lowest BCUT2D eigenvalue weighted by atomic mass is 10.1. The van der Waals surface area contributed by atoms with Gasteiger partial charge in [-0.1, -0.05) is 36.0 Å². The summed E-state index contributed by atoms with van der Waals surface area (Å²) in [7, 11) is 0. The summed E-state index contributed by atoms with van der Waals surface area (Å²) in [6.45, 7) is 1.88. The topological polar surface area (TPSA) is 137 Å². The molecule has 1 amide bonds. The van der Waals surface area contributed by atoms with E-state index < -0.39 is 22.9 Å². The number of nitrogens with zero attached hydrogens (tertiary/aromatic N) is 3. The number of H-pyrrole nitrogens is 2. The molecule has 3 aromatic rings. The minimum atomic E-state index is -0.742. The van der Waals surface area contributed by atoms with Gasteiger partial charge in [-0.3, -0.25) is 14.7 Å². The van der Waals surface area contributed by atoms with Gasteiger partial charge >= 0.3 is 0 Å². The van der Waals surface area contributed by atoms with Crippen molar-refractivity contribution in [2.75, 3.05) is 11.1 Å². The molecule has 0 fully saturated rings. The Morgan fingerprint density at radius 2 is 2.08 bits per heavy atom. The van der Waals surface area contributed by atoms with Gasteiger partial charge in [0.05, 0.1) is 0 Å². The van der Waals surface area contributed by atoms with E-state index in [1.54, 1.807) is 30.5 Å². The van der Waals surface area contributed by atoms with Crippen molar-refractivity contribution >= 4 is 23.4 Å². The van der Waals surface area contributed by atoms with E-state index in [2.05, 4.69) is 30.7 Å². The molecule has 4 N–H and O–H groups in total. The van der Waals surface area contributed by atoms with Crippen LogP contribution in [0.4, 0.5) is 5.69 Å². The maximum absolute atomic E-state index is 12.3. The number of aromatic hydroxyl groups is 1. The third kappa shape index (κ3) is 3.69. The third-order valence-corrected chi connectivity index (χ3v) is 4.00. The van der Waals surface area contributed by atoms with Crippen LogP contribution in [0.1, 0.15) is 17.3 Å². The van der Waals surface area contributed by atoms with Crippen molar-refractivity contribution in [3.63, 3.8) is 0 Å². The zero-order valence-corrected chi connectivity index (χ0v) is 13.9. The van der Waals surface area contributed by atoms with Gasteiger partial charge < -0.3 is 15.4 Å². The summed E-state index contributed by atoms with van der Waals surface area (Å²) in [6, 6.07) is 6.80. The lowest BCUT2D eigenvalue weighted by Crippen LogP contribution is -2.24. The molecule has 0 aliphatic heterocycles. The number of amides is 1. The molecule has 25 heavy (non-hydrogen) atoms.